The van der Waals surface area contributed by atoms with Crippen LogP contribution in [0, 0.1) is 0 Å². The molecule has 1 unspecified atom stereocenters. The number of nitrogens with two attached hydrogens (primary N) is 1. The molecule has 2 N–H and O–H groups in total. The Labute approximate surface area is 175 Å². The fourth-order valence-corrected chi connectivity index (χ4v) is 4.28. The Morgan fingerprint density at radius 3 is 2.97 bits per heavy atom. The lowest BCUT2D eigenvalue weighted by atomic mass is 9.73. The minimum Gasteiger partial charge on any atom is -0.461 e. The fraction of sp³-hybridized carbons (Fsp3) is 0.619. The van der Waals surface area contributed by atoms with Crippen molar-refractivity contribution >= 4 is 11.9 Å². The Morgan fingerprint density at radius 2 is 2.23 bits per heavy atom. The second-order valence-corrected chi connectivity index (χ2v) is 8.35. The van der Waals surface area contributed by atoms with Crippen molar-refractivity contribution in [1.29, 1.82) is 0 Å². The average molecular weight is 415 g/mol. The quantitative estimate of drug-likeness (QED) is 0.716. The summed E-state index contributed by atoms with van der Waals surface area (Å²) >= 11 is 0. The monoisotopic (exact) mass is 415 g/mol. The first-order chi connectivity index (χ1) is 14.4. The molecule has 162 valence electrons. The maximum absolute atomic E-state index is 12.7. The van der Waals surface area contributed by atoms with Gasteiger partial charge in [-0.25, -0.2) is 14.8 Å². The van der Waals surface area contributed by atoms with Crippen LogP contribution in [0.25, 0.3) is 11.4 Å². The van der Waals surface area contributed by atoms with Crippen molar-refractivity contribution in [2.75, 3.05) is 25.6 Å². The molecule has 1 fully saturated rings. The highest BCUT2D eigenvalue weighted by Gasteiger charge is 2.40. The van der Waals surface area contributed by atoms with E-state index in [1.807, 2.05) is 0 Å². The number of fused-ring (bicyclic) bond motifs is 3. The third-order valence-electron chi connectivity index (χ3n) is 5.58. The van der Waals surface area contributed by atoms with Crippen LogP contribution in [-0.4, -0.2) is 51.8 Å². The van der Waals surface area contributed by atoms with Gasteiger partial charge in [0, 0.05) is 18.4 Å². The average Bonchev–Trinajstić information content (AvgIpc) is 3.11. The van der Waals surface area contributed by atoms with Crippen molar-refractivity contribution in [2.24, 2.45) is 0 Å². The van der Waals surface area contributed by atoms with Gasteiger partial charge in [0.2, 0.25) is 5.95 Å². The smallest absolute Gasteiger partial charge is 0.359 e. The van der Waals surface area contributed by atoms with Gasteiger partial charge in [0.05, 0.1) is 31.1 Å². The Morgan fingerprint density at radius 1 is 1.40 bits per heavy atom. The highest BCUT2D eigenvalue weighted by atomic mass is 16.7. The number of rotatable bonds is 6. The van der Waals surface area contributed by atoms with E-state index in [1.54, 1.807) is 17.8 Å². The molecule has 4 rings (SSSR count). The highest BCUT2D eigenvalue weighted by molar-refractivity contribution is 5.92. The van der Waals surface area contributed by atoms with Crippen molar-refractivity contribution in [3.8, 4) is 11.4 Å². The number of anilines is 1. The van der Waals surface area contributed by atoms with E-state index in [0.29, 0.717) is 31.0 Å². The number of hydrogen-bond acceptors (Lipinski definition) is 8. The van der Waals surface area contributed by atoms with Gasteiger partial charge >= 0.3 is 5.97 Å². The minimum absolute atomic E-state index is 0.184. The predicted molar refractivity (Wildman–Crippen MR) is 110 cm³/mol. The number of nitrogen functional groups attached to an aromatic ring is 1. The molecular weight excluding hydrogens is 386 g/mol. The van der Waals surface area contributed by atoms with Gasteiger partial charge in [-0.05, 0) is 43.6 Å². The second kappa shape index (κ2) is 8.31. The molecule has 0 amide bonds. The predicted octanol–water partition coefficient (Wildman–Crippen LogP) is 2.48. The van der Waals surface area contributed by atoms with E-state index in [9.17, 15) is 4.79 Å². The largest absolute Gasteiger partial charge is 0.461 e. The van der Waals surface area contributed by atoms with Crippen LogP contribution in [0.1, 0.15) is 61.6 Å². The zero-order valence-electron chi connectivity index (χ0n) is 17.8. The summed E-state index contributed by atoms with van der Waals surface area (Å²) in [5, 5.41) is 4.64. The lowest BCUT2D eigenvalue weighted by molar-refractivity contribution is -0.163. The first-order valence-corrected chi connectivity index (χ1v) is 10.5. The lowest BCUT2D eigenvalue weighted by Crippen LogP contribution is -2.29. The molecule has 9 heteroatoms. The number of hydrogen-bond donors (Lipinski definition) is 1. The van der Waals surface area contributed by atoms with Gasteiger partial charge in [-0.15, -0.1) is 0 Å². The first kappa shape index (κ1) is 20.7. The SMILES string of the molecule is CCOC(=O)c1nn(CCOC2CCCCO2)c2c1C(C)(C)Cc1cnc(N)nc1-2. The lowest BCUT2D eigenvalue weighted by Gasteiger charge is -2.31. The summed E-state index contributed by atoms with van der Waals surface area (Å²) in [6.45, 7) is 7.85. The van der Waals surface area contributed by atoms with Crippen LogP contribution in [0.15, 0.2) is 6.20 Å². The third kappa shape index (κ3) is 3.91. The zero-order chi connectivity index (χ0) is 21.3. The van der Waals surface area contributed by atoms with Gasteiger partial charge in [-0.3, -0.25) is 4.68 Å². The van der Waals surface area contributed by atoms with Gasteiger partial charge in [-0.2, -0.15) is 5.10 Å². The van der Waals surface area contributed by atoms with Gasteiger partial charge in [-0.1, -0.05) is 13.8 Å². The van der Waals surface area contributed by atoms with Crippen LogP contribution >= 0.6 is 0 Å². The summed E-state index contributed by atoms with van der Waals surface area (Å²) in [4.78, 5) is 21.4. The van der Waals surface area contributed by atoms with Crippen molar-refractivity contribution < 1.29 is 19.0 Å². The van der Waals surface area contributed by atoms with Crippen molar-refractivity contribution in [1.82, 2.24) is 19.7 Å². The number of ether oxygens (including phenoxy) is 3. The first-order valence-electron chi connectivity index (χ1n) is 10.5. The maximum atomic E-state index is 12.7. The highest BCUT2D eigenvalue weighted by Crippen LogP contribution is 2.44. The van der Waals surface area contributed by atoms with E-state index in [2.05, 4.69) is 28.9 Å². The van der Waals surface area contributed by atoms with Crippen LogP contribution in [0.5, 0.6) is 0 Å². The molecule has 1 aliphatic heterocycles. The second-order valence-electron chi connectivity index (χ2n) is 8.35. The van der Waals surface area contributed by atoms with Crippen LogP contribution in [0.2, 0.25) is 0 Å². The molecule has 0 aromatic carbocycles. The molecule has 3 heterocycles. The molecule has 30 heavy (non-hydrogen) atoms. The molecule has 9 nitrogen and oxygen atoms in total. The summed E-state index contributed by atoms with van der Waals surface area (Å²) in [5.41, 5.74) is 9.19. The van der Waals surface area contributed by atoms with Crippen LogP contribution in [-0.2, 0) is 32.6 Å². The zero-order valence-corrected chi connectivity index (χ0v) is 17.8. The summed E-state index contributed by atoms with van der Waals surface area (Å²) in [6.07, 6.45) is 5.33. The molecule has 0 spiro atoms. The van der Waals surface area contributed by atoms with Gasteiger partial charge < -0.3 is 19.9 Å². The Balaban J connectivity index is 1.72. The van der Waals surface area contributed by atoms with E-state index in [1.165, 1.54) is 0 Å². The van der Waals surface area contributed by atoms with E-state index in [-0.39, 0.29) is 24.3 Å². The maximum Gasteiger partial charge on any atom is 0.359 e. The molecule has 2 aliphatic rings. The fourth-order valence-electron chi connectivity index (χ4n) is 4.28. The number of aromatic nitrogens is 4. The summed E-state index contributed by atoms with van der Waals surface area (Å²) in [6, 6.07) is 0. The van der Waals surface area contributed by atoms with E-state index < -0.39 is 5.97 Å². The molecular formula is C21H29N5O4. The molecule has 1 saturated heterocycles. The van der Waals surface area contributed by atoms with Crippen molar-refractivity contribution in [3.05, 3.63) is 23.0 Å². The van der Waals surface area contributed by atoms with Crippen LogP contribution < -0.4 is 5.73 Å². The van der Waals surface area contributed by atoms with Crippen molar-refractivity contribution in [3.63, 3.8) is 0 Å². The van der Waals surface area contributed by atoms with Crippen LogP contribution in [0.3, 0.4) is 0 Å². The van der Waals surface area contributed by atoms with E-state index in [0.717, 1.165) is 42.7 Å². The number of carbonyl (C=O) groups excluding carboxylic acids is 1. The molecule has 2 aromatic heterocycles. The summed E-state index contributed by atoms with van der Waals surface area (Å²) in [7, 11) is 0. The van der Waals surface area contributed by atoms with E-state index >= 15 is 0 Å². The van der Waals surface area contributed by atoms with Crippen molar-refractivity contribution in [2.45, 2.75) is 64.7 Å². The number of nitrogens with zero attached hydrogens (tertiary/aromatic N) is 4. The van der Waals surface area contributed by atoms with Crippen LogP contribution in [0.4, 0.5) is 5.95 Å². The summed E-state index contributed by atoms with van der Waals surface area (Å²) < 4.78 is 18.6. The minimum atomic E-state index is -0.428. The normalized spacial score (nSPS) is 19.8. The van der Waals surface area contributed by atoms with Gasteiger partial charge in [0.1, 0.15) is 0 Å². The molecule has 1 aliphatic carbocycles. The standard InChI is InChI=1S/C21H29N5O4/c1-4-28-19(27)17-15-18(16-13(11-21(15,2)3)12-23-20(22)24-16)26(25-17)8-10-30-14-7-5-6-9-29-14/h12,14H,4-11H2,1-3H3,(H2,22,23,24). The molecule has 0 bridgehead atoms. The summed E-state index contributed by atoms with van der Waals surface area (Å²) in [5.74, 6) is -0.237. The Kier molecular flexibility index (Phi) is 5.75. The topological polar surface area (TPSA) is 114 Å². The van der Waals surface area contributed by atoms with Gasteiger partial charge in [0.15, 0.2) is 12.0 Å². The van der Waals surface area contributed by atoms with E-state index in [4.69, 9.17) is 19.9 Å². The molecule has 0 radical (unpaired) electrons. The van der Waals surface area contributed by atoms with Gasteiger partial charge in [0.25, 0.3) is 0 Å². The third-order valence-corrected chi connectivity index (χ3v) is 5.58. The Hall–Kier alpha value is -2.52. The molecule has 2 aromatic rings. The number of esters is 1. The Bertz CT molecular complexity index is 934. The molecule has 1 atom stereocenters. The molecule has 0 saturated carbocycles. The number of carbonyl (C=O) groups is 1.